The van der Waals surface area contributed by atoms with Gasteiger partial charge in [0.25, 0.3) is 0 Å². The van der Waals surface area contributed by atoms with Crippen molar-refractivity contribution in [1.29, 1.82) is 0 Å². The third kappa shape index (κ3) is 7.81. The summed E-state index contributed by atoms with van der Waals surface area (Å²) >= 11 is 0. The molecule has 0 atom stereocenters. The molecule has 2 aromatic heterocycles. The van der Waals surface area contributed by atoms with Crippen LogP contribution in [0.2, 0.25) is 0 Å². The maximum absolute atomic E-state index is 13.7. The van der Waals surface area contributed by atoms with E-state index in [0.29, 0.717) is 36.7 Å². The number of esters is 1. The number of methoxy groups -OCH3 is 1. The Bertz CT molecular complexity index is 1390. The Hall–Kier alpha value is -3.99. The standard InChI is InChI=1S/C25H24FN3O3.C7H11NO/c1-28-21(4-3-13-29-14-16-32-17-15-29)22(18-5-7-20(26)8-6-18)23(24(28)25(30)31-2)19-9-11-27-12-10-19;1-2-3-8-4-6-9-7-5-8/h5-12H,13-17H2,1-2H3;1H,3-7H2. The number of rotatable bonds is 5. The van der Waals surface area contributed by atoms with Gasteiger partial charge >= 0.3 is 5.97 Å². The van der Waals surface area contributed by atoms with Gasteiger partial charge in [0, 0.05) is 56.7 Å². The second-order valence-electron chi connectivity index (χ2n) is 9.52. The van der Waals surface area contributed by atoms with E-state index in [9.17, 15) is 9.18 Å². The van der Waals surface area contributed by atoms with Gasteiger partial charge in [-0.25, -0.2) is 9.18 Å². The van der Waals surface area contributed by atoms with E-state index in [2.05, 4.69) is 32.5 Å². The third-order valence-corrected chi connectivity index (χ3v) is 6.91. The van der Waals surface area contributed by atoms with E-state index < -0.39 is 5.97 Å². The molecule has 0 spiro atoms. The van der Waals surface area contributed by atoms with Crippen molar-refractivity contribution in [3.63, 3.8) is 0 Å². The summed E-state index contributed by atoms with van der Waals surface area (Å²) in [6, 6.07) is 9.87. The highest BCUT2D eigenvalue weighted by Crippen LogP contribution is 2.39. The maximum Gasteiger partial charge on any atom is 0.355 e. The lowest BCUT2D eigenvalue weighted by Crippen LogP contribution is -2.36. The van der Waals surface area contributed by atoms with Gasteiger partial charge in [0.1, 0.15) is 17.2 Å². The van der Waals surface area contributed by atoms with Gasteiger partial charge in [0.15, 0.2) is 0 Å². The van der Waals surface area contributed by atoms with Crippen LogP contribution in [0.3, 0.4) is 0 Å². The van der Waals surface area contributed by atoms with Crippen molar-refractivity contribution in [2.45, 2.75) is 0 Å². The van der Waals surface area contributed by atoms with Crippen molar-refractivity contribution in [3.05, 3.63) is 66.0 Å². The molecule has 0 bridgehead atoms. The molecule has 3 aromatic rings. The summed E-state index contributed by atoms with van der Waals surface area (Å²) in [5.74, 6) is 8.32. The lowest BCUT2D eigenvalue weighted by Gasteiger charge is -2.24. The number of pyridine rings is 1. The second-order valence-corrected chi connectivity index (χ2v) is 9.52. The summed E-state index contributed by atoms with van der Waals surface area (Å²) in [6.45, 7) is 8.08. The van der Waals surface area contributed by atoms with E-state index in [4.69, 9.17) is 20.6 Å². The Morgan fingerprint density at radius 1 is 0.927 bits per heavy atom. The number of hydrogen-bond donors (Lipinski definition) is 0. The zero-order chi connectivity index (χ0) is 29.0. The first-order chi connectivity index (χ1) is 20.0. The first kappa shape index (κ1) is 30.0. The Morgan fingerprint density at radius 3 is 2.05 bits per heavy atom. The molecule has 4 heterocycles. The number of terminal acetylenes is 1. The molecule has 41 heavy (non-hydrogen) atoms. The van der Waals surface area contributed by atoms with Crippen LogP contribution >= 0.6 is 0 Å². The topological polar surface area (TPSA) is 69.1 Å². The number of carbonyl (C=O) groups excluding carboxylic acids is 1. The Labute approximate surface area is 241 Å². The lowest BCUT2D eigenvalue weighted by atomic mass is 9.95. The molecule has 5 rings (SSSR count). The number of ether oxygens (including phenoxy) is 3. The van der Waals surface area contributed by atoms with Crippen LogP contribution in [0.4, 0.5) is 4.39 Å². The van der Waals surface area contributed by atoms with Crippen molar-refractivity contribution in [1.82, 2.24) is 19.4 Å². The summed E-state index contributed by atoms with van der Waals surface area (Å²) in [6.07, 6.45) is 8.46. The predicted molar refractivity (Wildman–Crippen MR) is 156 cm³/mol. The highest BCUT2D eigenvalue weighted by Gasteiger charge is 2.27. The van der Waals surface area contributed by atoms with Crippen molar-refractivity contribution < 1.29 is 23.4 Å². The van der Waals surface area contributed by atoms with E-state index in [1.807, 2.05) is 12.1 Å². The average molecular weight is 559 g/mol. The molecule has 2 saturated heterocycles. The highest BCUT2D eigenvalue weighted by atomic mass is 19.1. The summed E-state index contributed by atoms with van der Waals surface area (Å²) < 4.78 is 31.1. The molecule has 0 unspecified atom stereocenters. The van der Waals surface area contributed by atoms with Gasteiger partial charge in [-0.2, -0.15) is 0 Å². The fourth-order valence-corrected chi connectivity index (χ4v) is 4.75. The molecule has 0 N–H and O–H groups in total. The van der Waals surface area contributed by atoms with Gasteiger partial charge in [-0.1, -0.05) is 24.0 Å². The first-order valence-electron chi connectivity index (χ1n) is 13.5. The quantitative estimate of drug-likeness (QED) is 0.352. The number of hydrogen-bond acceptors (Lipinski definition) is 7. The normalized spacial score (nSPS) is 15.6. The van der Waals surface area contributed by atoms with Crippen LogP contribution in [0, 0.1) is 30.0 Å². The molecule has 9 heteroatoms. The van der Waals surface area contributed by atoms with Gasteiger partial charge in [0.05, 0.1) is 46.6 Å². The predicted octanol–water partition coefficient (Wildman–Crippen LogP) is 3.32. The van der Waals surface area contributed by atoms with E-state index in [1.54, 1.807) is 36.1 Å². The molecule has 2 aliphatic rings. The van der Waals surface area contributed by atoms with E-state index in [-0.39, 0.29) is 5.82 Å². The fraction of sp³-hybridized carbons (Fsp3) is 0.375. The number of morpholine rings is 2. The minimum absolute atomic E-state index is 0.330. The van der Waals surface area contributed by atoms with Crippen LogP contribution in [0.1, 0.15) is 16.2 Å². The monoisotopic (exact) mass is 558 g/mol. The van der Waals surface area contributed by atoms with Crippen LogP contribution in [-0.2, 0) is 21.3 Å². The smallest absolute Gasteiger partial charge is 0.355 e. The fourth-order valence-electron chi connectivity index (χ4n) is 4.75. The Balaban J connectivity index is 0.000000367. The van der Waals surface area contributed by atoms with Gasteiger partial charge in [0.2, 0.25) is 0 Å². The molecule has 0 amide bonds. The zero-order valence-corrected chi connectivity index (χ0v) is 23.6. The molecule has 0 saturated carbocycles. The number of nitrogens with zero attached hydrogens (tertiary/aromatic N) is 4. The Morgan fingerprint density at radius 2 is 1.49 bits per heavy atom. The summed E-state index contributed by atoms with van der Waals surface area (Å²) in [4.78, 5) is 21.3. The van der Waals surface area contributed by atoms with Crippen LogP contribution in [0.5, 0.6) is 0 Å². The van der Waals surface area contributed by atoms with Crippen LogP contribution in [0.15, 0.2) is 48.8 Å². The molecular weight excluding hydrogens is 523 g/mol. The number of aromatic nitrogens is 2. The van der Waals surface area contributed by atoms with E-state index >= 15 is 0 Å². The van der Waals surface area contributed by atoms with Crippen LogP contribution in [-0.4, -0.2) is 98.1 Å². The SMILES string of the molecule is C#CCN1CCOCC1.COC(=O)c1c(-c2ccncc2)c(-c2ccc(F)cc2)c(C#CCN2CCOCC2)n1C. The second kappa shape index (κ2) is 15.1. The first-order valence-corrected chi connectivity index (χ1v) is 13.5. The van der Waals surface area contributed by atoms with Crippen molar-refractivity contribution in [3.8, 4) is 46.4 Å². The molecule has 0 radical (unpaired) electrons. The molecule has 0 aliphatic carbocycles. The molecule has 2 aliphatic heterocycles. The lowest BCUT2D eigenvalue weighted by molar-refractivity contribution is 0.0443. The zero-order valence-electron chi connectivity index (χ0n) is 23.6. The number of halogens is 1. The van der Waals surface area contributed by atoms with Crippen molar-refractivity contribution in [2.24, 2.45) is 7.05 Å². The molecular formula is C32H35FN4O4. The minimum Gasteiger partial charge on any atom is -0.464 e. The van der Waals surface area contributed by atoms with Gasteiger partial charge < -0.3 is 18.8 Å². The minimum atomic E-state index is -0.469. The molecule has 8 nitrogen and oxygen atoms in total. The van der Waals surface area contributed by atoms with E-state index in [1.165, 1.54) is 19.2 Å². The molecule has 1 aromatic carbocycles. The number of benzene rings is 1. The van der Waals surface area contributed by atoms with Gasteiger partial charge in [-0.15, -0.1) is 6.42 Å². The summed E-state index contributed by atoms with van der Waals surface area (Å²) in [5.41, 5.74) is 4.06. The van der Waals surface area contributed by atoms with Crippen molar-refractivity contribution >= 4 is 5.97 Å². The van der Waals surface area contributed by atoms with Gasteiger partial charge in [-0.05, 0) is 41.3 Å². The van der Waals surface area contributed by atoms with Crippen LogP contribution in [0.25, 0.3) is 22.3 Å². The average Bonchev–Trinajstić information content (AvgIpc) is 3.31. The largest absolute Gasteiger partial charge is 0.464 e. The van der Waals surface area contributed by atoms with Gasteiger partial charge in [-0.3, -0.25) is 14.8 Å². The Kier molecular flexibility index (Phi) is 11.1. The summed E-state index contributed by atoms with van der Waals surface area (Å²) in [7, 11) is 3.15. The summed E-state index contributed by atoms with van der Waals surface area (Å²) in [5, 5.41) is 0. The van der Waals surface area contributed by atoms with Crippen molar-refractivity contribution in [2.75, 3.05) is 72.8 Å². The maximum atomic E-state index is 13.7. The molecule has 2 fully saturated rings. The van der Waals surface area contributed by atoms with E-state index in [0.717, 1.165) is 62.6 Å². The third-order valence-electron chi connectivity index (χ3n) is 6.91. The highest BCUT2D eigenvalue weighted by molar-refractivity contribution is 6.03. The number of carbonyl (C=O) groups is 1. The van der Waals surface area contributed by atoms with Crippen LogP contribution < -0.4 is 0 Å². The molecule has 214 valence electrons.